The van der Waals surface area contributed by atoms with Gasteiger partial charge in [0.15, 0.2) is 0 Å². The Morgan fingerprint density at radius 1 is 1.00 bits per heavy atom. The Kier molecular flexibility index (Phi) is 3.51. The minimum Gasteiger partial charge on any atom is -0.206 e. The van der Waals surface area contributed by atoms with Gasteiger partial charge >= 0.3 is 0 Å². The maximum Gasteiger partial charge on any atom is 0.135 e. The van der Waals surface area contributed by atoms with Crippen LogP contribution in [0.25, 0.3) is 11.1 Å². The molecule has 0 N–H and O–H groups in total. The van der Waals surface area contributed by atoms with Crippen molar-refractivity contribution >= 4 is 23.2 Å². The van der Waals surface area contributed by atoms with E-state index >= 15 is 0 Å². The predicted octanol–water partition coefficient (Wildman–Crippen LogP) is 4.61. The first-order valence-electron chi connectivity index (χ1n) is 4.79. The van der Waals surface area contributed by atoms with Crippen molar-refractivity contribution in [1.82, 2.24) is 0 Å². The number of rotatable bonds is 1. The molecule has 0 unspecified atom stereocenters. The van der Waals surface area contributed by atoms with E-state index in [4.69, 9.17) is 28.5 Å². The van der Waals surface area contributed by atoms with Crippen molar-refractivity contribution in [2.75, 3.05) is 0 Å². The van der Waals surface area contributed by atoms with Crippen LogP contribution in [0.3, 0.4) is 0 Å². The molecule has 0 spiro atoms. The molecule has 0 bridgehead atoms. The summed E-state index contributed by atoms with van der Waals surface area (Å²) in [7, 11) is 0. The van der Waals surface area contributed by atoms with Crippen molar-refractivity contribution in [3.8, 4) is 17.2 Å². The van der Waals surface area contributed by atoms with Gasteiger partial charge in [0, 0.05) is 6.07 Å². The van der Waals surface area contributed by atoms with E-state index in [0.29, 0.717) is 0 Å². The van der Waals surface area contributed by atoms with Crippen molar-refractivity contribution < 1.29 is 8.78 Å². The maximum atomic E-state index is 13.8. The van der Waals surface area contributed by atoms with Crippen LogP contribution in [-0.2, 0) is 0 Å². The number of hydrogen-bond donors (Lipinski definition) is 0. The summed E-state index contributed by atoms with van der Waals surface area (Å²) < 4.78 is 27.5. The van der Waals surface area contributed by atoms with Gasteiger partial charge in [-0.2, -0.15) is 5.26 Å². The summed E-state index contributed by atoms with van der Waals surface area (Å²) in [4.78, 5) is 0. The molecule has 2 rings (SSSR count). The first-order valence-corrected chi connectivity index (χ1v) is 5.54. The van der Waals surface area contributed by atoms with Crippen molar-refractivity contribution in [1.29, 1.82) is 5.26 Å². The summed E-state index contributed by atoms with van der Waals surface area (Å²) in [5.41, 5.74) is -0.163. The number of halogens is 4. The van der Waals surface area contributed by atoms with E-state index in [0.717, 1.165) is 12.1 Å². The molecule has 0 amide bonds. The molecule has 1 nitrogen and oxygen atoms in total. The van der Waals surface area contributed by atoms with E-state index < -0.39 is 11.6 Å². The van der Waals surface area contributed by atoms with Crippen molar-refractivity contribution in [3.63, 3.8) is 0 Å². The molecule has 0 aliphatic rings. The molecule has 1 radical (unpaired) electrons. The fraction of sp³-hybridized carbons (Fsp3) is 0. The molecule has 0 heterocycles. The third-order valence-corrected chi connectivity index (χ3v) is 2.67. The van der Waals surface area contributed by atoms with E-state index in [1.165, 1.54) is 12.1 Å². The van der Waals surface area contributed by atoms with Crippen molar-refractivity contribution in [2.45, 2.75) is 0 Å². The Morgan fingerprint density at radius 3 is 1.94 bits per heavy atom. The lowest BCUT2D eigenvalue weighted by Gasteiger charge is -2.07. The largest absolute Gasteiger partial charge is 0.206 e. The molecule has 2 aromatic carbocycles. The molecule has 18 heavy (non-hydrogen) atoms. The van der Waals surface area contributed by atoms with Gasteiger partial charge in [0.2, 0.25) is 0 Å². The highest BCUT2D eigenvalue weighted by Gasteiger charge is 2.14. The zero-order valence-electron chi connectivity index (χ0n) is 8.77. The second kappa shape index (κ2) is 4.93. The maximum absolute atomic E-state index is 13.8. The predicted molar refractivity (Wildman–Crippen MR) is 65.4 cm³/mol. The zero-order valence-corrected chi connectivity index (χ0v) is 10.3. The highest BCUT2D eigenvalue weighted by molar-refractivity contribution is 6.34. The normalized spacial score (nSPS) is 10.2. The third-order valence-electron chi connectivity index (χ3n) is 2.26. The highest BCUT2D eigenvalue weighted by Crippen LogP contribution is 2.31. The minimum absolute atomic E-state index is 0.0894. The van der Waals surface area contributed by atoms with Crippen LogP contribution >= 0.6 is 23.2 Å². The summed E-state index contributed by atoms with van der Waals surface area (Å²) in [6.45, 7) is 0. The Morgan fingerprint density at radius 2 is 1.50 bits per heavy atom. The SMILES string of the molecule is N#Cc1cc(F)c(-c2cc(Cl)[c]c(Cl)c2)c(F)c1. The second-order valence-corrected chi connectivity index (χ2v) is 4.31. The van der Waals surface area contributed by atoms with Gasteiger partial charge in [-0.25, -0.2) is 8.78 Å². The Balaban J connectivity index is 2.68. The summed E-state index contributed by atoms with van der Waals surface area (Å²) >= 11 is 11.5. The topological polar surface area (TPSA) is 23.8 Å². The number of benzene rings is 2. The van der Waals surface area contributed by atoms with Crippen LogP contribution in [-0.4, -0.2) is 0 Å². The van der Waals surface area contributed by atoms with E-state index in [-0.39, 0.29) is 26.7 Å². The summed E-state index contributed by atoms with van der Waals surface area (Å²) in [6, 6.07) is 8.85. The van der Waals surface area contributed by atoms with Gasteiger partial charge in [-0.3, -0.25) is 0 Å². The Bertz CT molecular complexity index is 619. The Hall–Kier alpha value is -1.63. The Labute approximate surface area is 112 Å². The monoisotopic (exact) mass is 282 g/mol. The number of nitrogens with zero attached hydrogens (tertiary/aromatic N) is 1. The van der Waals surface area contributed by atoms with Gasteiger partial charge in [-0.05, 0) is 29.8 Å². The van der Waals surface area contributed by atoms with Crippen LogP contribution in [0.15, 0.2) is 24.3 Å². The fourth-order valence-electron chi connectivity index (χ4n) is 1.56. The van der Waals surface area contributed by atoms with E-state index in [9.17, 15) is 8.78 Å². The van der Waals surface area contributed by atoms with Crippen LogP contribution < -0.4 is 0 Å². The van der Waals surface area contributed by atoms with Crippen LogP contribution in [0.5, 0.6) is 0 Å². The average Bonchev–Trinajstić information content (AvgIpc) is 2.26. The van der Waals surface area contributed by atoms with Gasteiger partial charge in [0.25, 0.3) is 0 Å². The van der Waals surface area contributed by atoms with E-state index in [1.54, 1.807) is 6.07 Å². The van der Waals surface area contributed by atoms with Crippen LogP contribution in [0.2, 0.25) is 10.0 Å². The molecule has 89 valence electrons. The van der Waals surface area contributed by atoms with Crippen molar-refractivity contribution in [2.24, 2.45) is 0 Å². The number of hydrogen-bond acceptors (Lipinski definition) is 1. The van der Waals surface area contributed by atoms with Crippen LogP contribution in [0.4, 0.5) is 8.78 Å². The molecule has 5 heteroatoms. The minimum atomic E-state index is -0.843. The summed E-state index contributed by atoms with van der Waals surface area (Å²) in [6.07, 6.45) is 0. The lowest BCUT2D eigenvalue weighted by molar-refractivity contribution is 0.589. The average molecular weight is 283 g/mol. The van der Waals surface area contributed by atoms with Gasteiger partial charge in [0.1, 0.15) is 11.6 Å². The van der Waals surface area contributed by atoms with Crippen LogP contribution in [0.1, 0.15) is 5.56 Å². The fourth-order valence-corrected chi connectivity index (χ4v) is 2.05. The van der Waals surface area contributed by atoms with Gasteiger partial charge in [0.05, 0.1) is 27.2 Å². The molecule has 0 saturated carbocycles. The molecule has 0 atom stereocenters. The zero-order chi connectivity index (χ0) is 13.3. The molecular weight excluding hydrogens is 279 g/mol. The molecule has 0 saturated heterocycles. The van der Waals surface area contributed by atoms with E-state index in [1.807, 2.05) is 0 Å². The molecule has 2 aromatic rings. The third kappa shape index (κ3) is 2.45. The van der Waals surface area contributed by atoms with Crippen LogP contribution in [0, 0.1) is 29.0 Å². The van der Waals surface area contributed by atoms with Crippen molar-refractivity contribution in [3.05, 3.63) is 57.6 Å². The highest BCUT2D eigenvalue weighted by atomic mass is 35.5. The number of nitriles is 1. The molecule has 0 fully saturated rings. The molecular formula is C13H4Cl2F2N. The lowest BCUT2D eigenvalue weighted by atomic mass is 10.0. The van der Waals surface area contributed by atoms with Gasteiger partial charge in [-0.15, -0.1) is 0 Å². The first kappa shape index (κ1) is 12.8. The molecule has 0 aliphatic heterocycles. The summed E-state index contributed by atoms with van der Waals surface area (Å²) in [5, 5.41) is 8.91. The van der Waals surface area contributed by atoms with Gasteiger partial charge in [-0.1, -0.05) is 23.2 Å². The molecule has 0 aliphatic carbocycles. The lowest BCUT2D eigenvalue weighted by Crippen LogP contribution is -1.92. The van der Waals surface area contributed by atoms with Gasteiger partial charge < -0.3 is 0 Å². The molecule has 0 aromatic heterocycles. The second-order valence-electron chi connectivity index (χ2n) is 3.49. The standard InChI is InChI=1S/C13H4Cl2F2N/c14-9-3-8(4-10(15)5-9)13-11(16)1-7(6-18)2-12(13)17/h1-4H. The van der Waals surface area contributed by atoms with E-state index in [2.05, 4.69) is 6.07 Å². The summed E-state index contributed by atoms with van der Waals surface area (Å²) in [5.74, 6) is -1.69. The quantitative estimate of drug-likeness (QED) is 0.749. The first-order chi connectivity index (χ1) is 8.51. The smallest absolute Gasteiger partial charge is 0.135 e.